The van der Waals surface area contributed by atoms with Crippen LogP contribution in [-0.2, 0) is 13.2 Å². The van der Waals surface area contributed by atoms with Crippen molar-refractivity contribution in [1.29, 1.82) is 0 Å². The Kier molecular flexibility index (Phi) is 7.14. The number of halogens is 1. The first-order chi connectivity index (χ1) is 15.7. The summed E-state index contributed by atoms with van der Waals surface area (Å²) >= 11 is 6.46. The van der Waals surface area contributed by atoms with Crippen LogP contribution in [0, 0.1) is 0 Å². The van der Waals surface area contributed by atoms with Crippen molar-refractivity contribution >= 4 is 17.5 Å². The van der Waals surface area contributed by atoms with Crippen molar-refractivity contribution in [3.05, 3.63) is 88.4 Å². The number of para-hydroxylation sites is 1. The van der Waals surface area contributed by atoms with Crippen molar-refractivity contribution < 1.29 is 19.0 Å². The SMILES string of the molecule is NCCCN(Cc1cc2c(cc1Cl)OCO2)C(=O)c1ccccc1OCc1ccccc1. The highest BCUT2D eigenvalue weighted by atomic mass is 35.5. The molecule has 0 spiro atoms. The first kappa shape index (κ1) is 22.0. The van der Waals surface area contributed by atoms with Gasteiger partial charge in [-0.05, 0) is 42.3 Å². The minimum Gasteiger partial charge on any atom is -0.488 e. The van der Waals surface area contributed by atoms with E-state index in [1.807, 2.05) is 54.6 Å². The molecule has 1 amide bonds. The normalized spacial score (nSPS) is 11.9. The minimum atomic E-state index is -0.143. The standard InChI is InChI=1S/C25H25ClN2O4/c26-21-14-24-23(31-17-32-24)13-19(21)15-28(12-6-11-27)25(29)20-9-4-5-10-22(20)30-16-18-7-2-1-3-8-18/h1-5,7-10,13-14H,6,11-12,15-17,27H2. The second-order valence-corrected chi connectivity index (χ2v) is 7.84. The number of nitrogens with zero attached hydrogens (tertiary/aromatic N) is 1. The monoisotopic (exact) mass is 452 g/mol. The zero-order valence-corrected chi connectivity index (χ0v) is 18.4. The Balaban J connectivity index is 1.56. The summed E-state index contributed by atoms with van der Waals surface area (Å²) in [6.07, 6.45) is 0.668. The highest BCUT2D eigenvalue weighted by molar-refractivity contribution is 6.31. The Hall–Kier alpha value is -3.22. The first-order valence-corrected chi connectivity index (χ1v) is 10.9. The fourth-order valence-corrected chi connectivity index (χ4v) is 3.71. The highest BCUT2D eigenvalue weighted by Gasteiger charge is 2.23. The molecule has 1 aliphatic rings. The lowest BCUT2D eigenvalue weighted by atomic mass is 10.1. The maximum absolute atomic E-state index is 13.5. The molecule has 0 aromatic heterocycles. The Morgan fingerprint density at radius 1 is 1.03 bits per heavy atom. The van der Waals surface area contributed by atoms with Crippen LogP contribution in [0.25, 0.3) is 0 Å². The summed E-state index contributed by atoms with van der Waals surface area (Å²) in [7, 11) is 0. The van der Waals surface area contributed by atoms with Crippen molar-refractivity contribution in [3.63, 3.8) is 0 Å². The molecule has 0 saturated carbocycles. The van der Waals surface area contributed by atoms with Gasteiger partial charge in [-0.25, -0.2) is 0 Å². The minimum absolute atomic E-state index is 0.143. The van der Waals surface area contributed by atoms with Crippen LogP contribution in [0.15, 0.2) is 66.7 Å². The van der Waals surface area contributed by atoms with Gasteiger partial charge in [0, 0.05) is 24.2 Å². The number of carbonyl (C=O) groups is 1. The molecule has 0 radical (unpaired) electrons. The lowest BCUT2D eigenvalue weighted by Crippen LogP contribution is -2.33. The van der Waals surface area contributed by atoms with E-state index in [4.69, 9.17) is 31.5 Å². The van der Waals surface area contributed by atoms with Crippen molar-refractivity contribution in [2.24, 2.45) is 5.73 Å². The topological polar surface area (TPSA) is 74.0 Å². The molecule has 0 unspecified atom stereocenters. The zero-order chi connectivity index (χ0) is 22.3. The number of hydrogen-bond acceptors (Lipinski definition) is 5. The van der Waals surface area contributed by atoms with Crippen molar-refractivity contribution in [3.8, 4) is 17.2 Å². The van der Waals surface area contributed by atoms with Crippen molar-refractivity contribution in [2.75, 3.05) is 19.9 Å². The summed E-state index contributed by atoms with van der Waals surface area (Å²) in [6.45, 7) is 1.83. The summed E-state index contributed by atoms with van der Waals surface area (Å²) in [4.78, 5) is 15.3. The van der Waals surface area contributed by atoms with E-state index < -0.39 is 0 Å². The zero-order valence-electron chi connectivity index (χ0n) is 17.6. The van der Waals surface area contributed by atoms with Gasteiger partial charge in [-0.3, -0.25) is 4.79 Å². The molecule has 0 aliphatic carbocycles. The van der Waals surface area contributed by atoms with Gasteiger partial charge in [0.2, 0.25) is 6.79 Å². The van der Waals surface area contributed by atoms with Crippen LogP contribution in [0.5, 0.6) is 17.2 Å². The molecule has 0 saturated heterocycles. The van der Waals surface area contributed by atoms with Gasteiger partial charge in [-0.2, -0.15) is 0 Å². The van der Waals surface area contributed by atoms with E-state index in [0.717, 1.165) is 11.1 Å². The van der Waals surface area contributed by atoms with Gasteiger partial charge in [-0.15, -0.1) is 0 Å². The first-order valence-electron chi connectivity index (χ1n) is 10.5. The Labute approximate surface area is 192 Å². The Morgan fingerprint density at radius 2 is 1.75 bits per heavy atom. The van der Waals surface area contributed by atoms with Crippen LogP contribution in [0.1, 0.15) is 27.9 Å². The summed E-state index contributed by atoms with van der Waals surface area (Å²) in [5.74, 6) is 1.63. The quantitative estimate of drug-likeness (QED) is 0.512. The van der Waals surface area contributed by atoms with E-state index in [9.17, 15) is 4.79 Å². The molecule has 4 rings (SSSR count). The average molecular weight is 453 g/mol. The third kappa shape index (κ3) is 5.15. The molecule has 0 atom stereocenters. The van der Waals surface area contributed by atoms with Gasteiger partial charge in [0.1, 0.15) is 12.4 Å². The molecule has 6 nitrogen and oxygen atoms in total. The van der Waals surface area contributed by atoms with Gasteiger partial charge in [0.15, 0.2) is 11.5 Å². The predicted molar refractivity (Wildman–Crippen MR) is 123 cm³/mol. The van der Waals surface area contributed by atoms with Crippen LogP contribution in [-0.4, -0.2) is 30.7 Å². The smallest absolute Gasteiger partial charge is 0.257 e. The second-order valence-electron chi connectivity index (χ2n) is 7.44. The summed E-state index contributed by atoms with van der Waals surface area (Å²) in [6, 6.07) is 20.7. The molecular formula is C25H25ClN2O4. The molecule has 3 aromatic rings. The van der Waals surface area contributed by atoms with Crippen LogP contribution < -0.4 is 19.9 Å². The number of carbonyl (C=O) groups excluding carboxylic acids is 1. The molecule has 1 aliphatic heterocycles. The molecule has 166 valence electrons. The van der Waals surface area contributed by atoms with Crippen molar-refractivity contribution in [2.45, 2.75) is 19.6 Å². The number of nitrogens with two attached hydrogens (primary N) is 1. The number of amides is 1. The van der Waals surface area contributed by atoms with Gasteiger partial charge in [-0.1, -0.05) is 54.1 Å². The van der Waals surface area contributed by atoms with Gasteiger partial charge >= 0.3 is 0 Å². The van der Waals surface area contributed by atoms with E-state index in [1.165, 1.54) is 0 Å². The summed E-state index contributed by atoms with van der Waals surface area (Å²) < 4.78 is 16.8. The third-order valence-electron chi connectivity index (χ3n) is 5.18. The highest BCUT2D eigenvalue weighted by Crippen LogP contribution is 2.37. The van der Waals surface area contributed by atoms with E-state index in [1.54, 1.807) is 17.0 Å². The molecule has 1 heterocycles. The van der Waals surface area contributed by atoms with E-state index in [2.05, 4.69) is 0 Å². The number of fused-ring (bicyclic) bond motifs is 1. The number of benzene rings is 3. The molecule has 7 heteroatoms. The predicted octanol–water partition coefficient (Wildman–Crippen LogP) is 4.64. The van der Waals surface area contributed by atoms with E-state index in [-0.39, 0.29) is 12.7 Å². The molecule has 0 fully saturated rings. The molecule has 3 aromatic carbocycles. The fourth-order valence-electron chi connectivity index (χ4n) is 3.50. The maximum Gasteiger partial charge on any atom is 0.257 e. The van der Waals surface area contributed by atoms with Gasteiger partial charge in [0.25, 0.3) is 5.91 Å². The van der Waals surface area contributed by atoms with Crippen molar-refractivity contribution in [1.82, 2.24) is 4.90 Å². The maximum atomic E-state index is 13.5. The summed E-state index contributed by atoms with van der Waals surface area (Å²) in [5.41, 5.74) is 8.04. The van der Waals surface area contributed by atoms with Crippen LogP contribution in [0.4, 0.5) is 0 Å². The molecule has 2 N–H and O–H groups in total. The second kappa shape index (κ2) is 10.4. The van der Waals surface area contributed by atoms with Gasteiger partial charge in [0.05, 0.1) is 5.56 Å². The molecule has 32 heavy (non-hydrogen) atoms. The van der Waals surface area contributed by atoms with Crippen LogP contribution in [0.3, 0.4) is 0 Å². The van der Waals surface area contributed by atoms with E-state index >= 15 is 0 Å². The number of ether oxygens (including phenoxy) is 3. The molecular weight excluding hydrogens is 428 g/mol. The lowest BCUT2D eigenvalue weighted by Gasteiger charge is -2.24. The lowest BCUT2D eigenvalue weighted by molar-refractivity contribution is 0.0737. The fraction of sp³-hybridized carbons (Fsp3) is 0.240. The third-order valence-corrected chi connectivity index (χ3v) is 5.53. The summed E-state index contributed by atoms with van der Waals surface area (Å²) in [5, 5.41) is 0.522. The average Bonchev–Trinajstić information content (AvgIpc) is 3.28. The Morgan fingerprint density at radius 3 is 2.53 bits per heavy atom. The number of rotatable bonds is 9. The van der Waals surface area contributed by atoms with Gasteiger partial charge < -0.3 is 24.8 Å². The largest absolute Gasteiger partial charge is 0.488 e. The Bertz CT molecular complexity index is 1070. The number of hydrogen-bond donors (Lipinski definition) is 1. The van der Waals surface area contributed by atoms with E-state index in [0.29, 0.717) is 60.5 Å². The van der Waals surface area contributed by atoms with Crippen LogP contribution in [0.2, 0.25) is 5.02 Å². The van der Waals surface area contributed by atoms with Crippen LogP contribution >= 0.6 is 11.6 Å². The molecule has 0 bridgehead atoms.